The molecule has 0 spiro atoms. The van der Waals surface area contributed by atoms with Crippen molar-refractivity contribution in [2.75, 3.05) is 17.7 Å². The van der Waals surface area contributed by atoms with Crippen molar-refractivity contribution in [3.63, 3.8) is 0 Å². The minimum Gasteiger partial charge on any atom is -0.399 e. The van der Waals surface area contributed by atoms with Crippen LogP contribution in [0.2, 0.25) is 0 Å². The molecule has 0 aliphatic heterocycles. The van der Waals surface area contributed by atoms with Crippen molar-refractivity contribution in [1.29, 1.82) is 0 Å². The SMILES string of the molecule is CC(CCO)Nc1ccc(N)cc1C(F)(F)F. The highest BCUT2D eigenvalue weighted by molar-refractivity contribution is 5.59. The number of rotatable bonds is 4. The lowest BCUT2D eigenvalue weighted by Crippen LogP contribution is -2.20. The number of hydrogen-bond donors (Lipinski definition) is 3. The standard InChI is InChI=1S/C11H15F3N2O/c1-7(4-5-17)16-10-3-2-8(15)6-9(10)11(12,13)14/h2-3,6-7,16-17H,4-5,15H2,1H3. The molecule has 0 bridgehead atoms. The van der Waals surface area contributed by atoms with E-state index >= 15 is 0 Å². The molecule has 1 rings (SSSR count). The lowest BCUT2D eigenvalue weighted by molar-refractivity contribution is -0.136. The second kappa shape index (κ2) is 5.27. The third-order valence-electron chi connectivity index (χ3n) is 2.31. The largest absolute Gasteiger partial charge is 0.418 e. The summed E-state index contributed by atoms with van der Waals surface area (Å²) in [7, 11) is 0. The first kappa shape index (κ1) is 13.6. The van der Waals surface area contributed by atoms with Gasteiger partial charge in [0.25, 0.3) is 0 Å². The zero-order chi connectivity index (χ0) is 13.1. The van der Waals surface area contributed by atoms with Crippen LogP contribution in [0.5, 0.6) is 0 Å². The molecule has 1 unspecified atom stereocenters. The van der Waals surface area contributed by atoms with Gasteiger partial charge in [0.15, 0.2) is 0 Å². The van der Waals surface area contributed by atoms with Crippen molar-refractivity contribution in [1.82, 2.24) is 0 Å². The predicted octanol–water partition coefficient (Wildman–Crippen LogP) is 2.47. The number of anilines is 2. The smallest absolute Gasteiger partial charge is 0.399 e. The summed E-state index contributed by atoms with van der Waals surface area (Å²) < 4.78 is 38.2. The summed E-state index contributed by atoms with van der Waals surface area (Å²) in [6.45, 7) is 1.62. The van der Waals surface area contributed by atoms with Crippen LogP contribution in [0, 0.1) is 0 Å². The number of aliphatic hydroxyl groups excluding tert-OH is 1. The summed E-state index contributed by atoms with van der Waals surface area (Å²) in [5, 5.41) is 11.4. The van der Waals surface area contributed by atoms with Crippen LogP contribution >= 0.6 is 0 Å². The van der Waals surface area contributed by atoms with E-state index in [1.807, 2.05) is 0 Å². The second-order valence-electron chi connectivity index (χ2n) is 3.86. The summed E-state index contributed by atoms with van der Waals surface area (Å²) >= 11 is 0. The van der Waals surface area contributed by atoms with E-state index in [0.29, 0.717) is 6.42 Å². The first-order valence-electron chi connectivity index (χ1n) is 5.18. The van der Waals surface area contributed by atoms with E-state index in [4.69, 9.17) is 10.8 Å². The fourth-order valence-corrected chi connectivity index (χ4v) is 1.45. The van der Waals surface area contributed by atoms with E-state index in [2.05, 4.69) is 5.32 Å². The summed E-state index contributed by atoms with van der Waals surface area (Å²) in [6.07, 6.45) is -4.07. The molecule has 0 saturated carbocycles. The van der Waals surface area contributed by atoms with Crippen LogP contribution in [0.25, 0.3) is 0 Å². The lowest BCUT2D eigenvalue weighted by atomic mass is 10.1. The van der Waals surface area contributed by atoms with Gasteiger partial charge in [0, 0.05) is 24.0 Å². The van der Waals surface area contributed by atoms with E-state index in [1.165, 1.54) is 12.1 Å². The van der Waals surface area contributed by atoms with Crippen LogP contribution in [0.15, 0.2) is 18.2 Å². The highest BCUT2D eigenvalue weighted by atomic mass is 19.4. The van der Waals surface area contributed by atoms with Gasteiger partial charge in [-0.1, -0.05) is 0 Å². The molecule has 0 aliphatic carbocycles. The van der Waals surface area contributed by atoms with Gasteiger partial charge in [-0.25, -0.2) is 0 Å². The molecule has 17 heavy (non-hydrogen) atoms. The van der Waals surface area contributed by atoms with Gasteiger partial charge in [-0.2, -0.15) is 13.2 Å². The number of halogens is 3. The van der Waals surface area contributed by atoms with Gasteiger partial charge in [-0.15, -0.1) is 0 Å². The van der Waals surface area contributed by atoms with Gasteiger partial charge in [0.1, 0.15) is 0 Å². The molecule has 96 valence electrons. The Morgan fingerprint density at radius 1 is 1.41 bits per heavy atom. The van der Waals surface area contributed by atoms with Crippen molar-refractivity contribution < 1.29 is 18.3 Å². The number of aliphatic hydroxyl groups is 1. The first-order valence-corrected chi connectivity index (χ1v) is 5.18. The average Bonchev–Trinajstić information content (AvgIpc) is 2.19. The van der Waals surface area contributed by atoms with Gasteiger partial charge in [0.05, 0.1) is 5.56 Å². The van der Waals surface area contributed by atoms with Crippen LogP contribution in [-0.2, 0) is 6.18 Å². The van der Waals surface area contributed by atoms with E-state index in [9.17, 15) is 13.2 Å². The Labute approximate surface area is 97.4 Å². The van der Waals surface area contributed by atoms with E-state index in [-0.39, 0.29) is 24.0 Å². The Balaban J connectivity index is 2.99. The quantitative estimate of drug-likeness (QED) is 0.717. The van der Waals surface area contributed by atoms with Crippen LogP contribution in [-0.4, -0.2) is 17.8 Å². The predicted molar refractivity (Wildman–Crippen MR) is 60.6 cm³/mol. The van der Waals surface area contributed by atoms with Gasteiger partial charge >= 0.3 is 6.18 Å². The normalized spacial score (nSPS) is 13.5. The molecule has 4 N–H and O–H groups in total. The summed E-state index contributed by atoms with van der Waals surface area (Å²) in [6, 6.07) is 3.35. The maximum absolute atomic E-state index is 12.7. The third-order valence-corrected chi connectivity index (χ3v) is 2.31. The molecule has 0 aliphatic rings. The molecule has 6 heteroatoms. The van der Waals surface area contributed by atoms with Crippen molar-refractivity contribution in [2.45, 2.75) is 25.6 Å². The number of nitrogens with two attached hydrogens (primary N) is 1. The highest BCUT2D eigenvalue weighted by Gasteiger charge is 2.33. The number of benzene rings is 1. The summed E-state index contributed by atoms with van der Waals surface area (Å²) in [5.74, 6) is 0. The molecular weight excluding hydrogens is 233 g/mol. The summed E-state index contributed by atoms with van der Waals surface area (Å²) in [4.78, 5) is 0. The monoisotopic (exact) mass is 248 g/mol. The molecule has 1 atom stereocenters. The fraction of sp³-hybridized carbons (Fsp3) is 0.455. The van der Waals surface area contributed by atoms with Crippen LogP contribution < -0.4 is 11.1 Å². The molecule has 0 radical (unpaired) electrons. The van der Waals surface area contributed by atoms with E-state index in [1.54, 1.807) is 6.92 Å². The molecule has 0 heterocycles. The Kier molecular flexibility index (Phi) is 4.22. The second-order valence-corrected chi connectivity index (χ2v) is 3.86. The molecule has 0 fully saturated rings. The van der Waals surface area contributed by atoms with E-state index < -0.39 is 11.7 Å². The Bertz CT molecular complexity index is 379. The van der Waals surface area contributed by atoms with Gasteiger partial charge in [-0.3, -0.25) is 0 Å². The van der Waals surface area contributed by atoms with Gasteiger partial charge in [0.2, 0.25) is 0 Å². The average molecular weight is 248 g/mol. The zero-order valence-electron chi connectivity index (χ0n) is 9.38. The van der Waals surface area contributed by atoms with Crippen LogP contribution in [0.3, 0.4) is 0 Å². The summed E-state index contributed by atoms with van der Waals surface area (Å²) in [5.41, 5.74) is 4.60. The van der Waals surface area contributed by atoms with Crippen molar-refractivity contribution in [3.8, 4) is 0 Å². The number of nitrogens with one attached hydrogen (secondary N) is 1. The van der Waals surface area contributed by atoms with Crippen LogP contribution in [0.1, 0.15) is 18.9 Å². The zero-order valence-corrected chi connectivity index (χ0v) is 9.38. The molecular formula is C11H15F3N2O. The van der Waals surface area contributed by atoms with Crippen molar-refractivity contribution in [3.05, 3.63) is 23.8 Å². The minimum atomic E-state index is -4.45. The molecule has 1 aromatic carbocycles. The molecule has 0 saturated heterocycles. The van der Waals surface area contributed by atoms with Crippen LogP contribution in [0.4, 0.5) is 24.5 Å². The van der Waals surface area contributed by atoms with Crippen molar-refractivity contribution >= 4 is 11.4 Å². The topological polar surface area (TPSA) is 58.3 Å². The maximum atomic E-state index is 12.7. The fourth-order valence-electron chi connectivity index (χ4n) is 1.45. The minimum absolute atomic E-state index is 0.0207. The number of alkyl halides is 3. The molecule has 1 aromatic rings. The van der Waals surface area contributed by atoms with Gasteiger partial charge < -0.3 is 16.2 Å². The molecule has 0 aromatic heterocycles. The number of hydrogen-bond acceptors (Lipinski definition) is 3. The van der Waals surface area contributed by atoms with Gasteiger partial charge in [-0.05, 0) is 31.5 Å². The molecule has 0 amide bonds. The Morgan fingerprint density at radius 3 is 2.59 bits per heavy atom. The first-order chi connectivity index (χ1) is 7.84. The lowest BCUT2D eigenvalue weighted by Gasteiger charge is -2.19. The molecule has 3 nitrogen and oxygen atoms in total. The van der Waals surface area contributed by atoms with Crippen molar-refractivity contribution in [2.24, 2.45) is 0 Å². The maximum Gasteiger partial charge on any atom is 0.418 e. The Hall–Kier alpha value is -1.43. The third kappa shape index (κ3) is 3.81. The Morgan fingerprint density at radius 2 is 2.06 bits per heavy atom. The number of nitrogen functional groups attached to an aromatic ring is 1. The van der Waals surface area contributed by atoms with E-state index in [0.717, 1.165) is 6.07 Å². The highest BCUT2D eigenvalue weighted by Crippen LogP contribution is 2.36.